The van der Waals surface area contributed by atoms with Crippen molar-refractivity contribution in [1.82, 2.24) is 19.7 Å². The van der Waals surface area contributed by atoms with Gasteiger partial charge in [-0.3, -0.25) is 10.00 Å². The molecule has 2 aromatic heterocycles. The average Bonchev–Trinajstić information content (AvgIpc) is 3.27. The van der Waals surface area contributed by atoms with Gasteiger partial charge in [0, 0.05) is 24.4 Å². The van der Waals surface area contributed by atoms with Crippen molar-refractivity contribution in [2.45, 2.75) is 26.6 Å². The maximum atomic E-state index is 13.4. The topological polar surface area (TPSA) is 98.3 Å². The molecular formula is C21H23FN6O2. The van der Waals surface area contributed by atoms with Crippen LogP contribution in [0.25, 0.3) is 11.3 Å². The van der Waals surface area contributed by atoms with Crippen LogP contribution in [-0.4, -0.2) is 39.4 Å². The highest BCUT2D eigenvalue weighted by molar-refractivity contribution is 5.92. The third kappa shape index (κ3) is 3.97. The molecule has 0 radical (unpaired) electrons. The lowest BCUT2D eigenvalue weighted by atomic mass is 10.0. The molecule has 3 heterocycles. The number of rotatable bonds is 5. The molecule has 4 rings (SSSR count). The average molecular weight is 410 g/mol. The van der Waals surface area contributed by atoms with Crippen LogP contribution in [0.5, 0.6) is 0 Å². The summed E-state index contributed by atoms with van der Waals surface area (Å²) in [6.45, 7) is 3.94. The summed E-state index contributed by atoms with van der Waals surface area (Å²) in [4.78, 5) is 18.9. The normalized spacial score (nSPS) is 12.8. The number of aryl methyl sites for hydroxylation is 1. The van der Waals surface area contributed by atoms with Crippen molar-refractivity contribution in [3.63, 3.8) is 0 Å². The first-order valence-electron chi connectivity index (χ1n) is 9.57. The number of nitrogen functional groups attached to an aromatic ring is 1. The Bertz CT molecular complexity index is 1070. The minimum Gasteiger partial charge on any atom is -0.396 e. The van der Waals surface area contributed by atoms with Gasteiger partial charge < -0.3 is 15.4 Å². The van der Waals surface area contributed by atoms with E-state index >= 15 is 0 Å². The van der Waals surface area contributed by atoms with Crippen LogP contribution in [-0.2, 0) is 24.4 Å². The molecule has 3 aromatic rings. The zero-order valence-corrected chi connectivity index (χ0v) is 16.9. The van der Waals surface area contributed by atoms with Gasteiger partial charge in [-0.2, -0.15) is 5.10 Å². The molecule has 0 saturated carbocycles. The number of hydrogen-bond donors (Lipinski definition) is 2. The summed E-state index contributed by atoms with van der Waals surface area (Å²) in [5.41, 5.74) is 10.4. The smallest absolute Gasteiger partial charge is 0.323 e. The number of pyridine rings is 1. The summed E-state index contributed by atoms with van der Waals surface area (Å²) in [6.07, 6.45) is 1.94. The Morgan fingerprint density at radius 1 is 1.30 bits per heavy atom. The first kappa shape index (κ1) is 19.8. The molecule has 156 valence electrons. The number of hydrogen-bond acceptors (Lipinski definition) is 5. The lowest BCUT2D eigenvalue weighted by Gasteiger charge is -2.18. The van der Waals surface area contributed by atoms with Gasteiger partial charge in [0.05, 0.1) is 43.3 Å². The molecule has 0 saturated heterocycles. The number of ether oxygens (including phenoxy) is 1. The van der Waals surface area contributed by atoms with Gasteiger partial charge in [0.25, 0.3) is 0 Å². The number of urea groups is 1. The minimum absolute atomic E-state index is 0.274. The van der Waals surface area contributed by atoms with E-state index in [9.17, 15) is 9.18 Å². The number of fused-ring (bicyclic) bond motifs is 1. The van der Waals surface area contributed by atoms with Crippen LogP contribution in [0.1, 0.15) is 16.8 Å². The zero-order valence-electron chi connectivity index (χ0n) is 16.9. The fraction of sp³-hybridized carbons (Fsp3) is 0.286. The number of aromatic nitrogens is 3. The number of nitrogens with two attached hydrogens (primary N) is 1. The molecule has 1 aliphatic rings. The Labute approximate surface area is 173 Å². The number of nitrogens with one attached hydrogen (secondary N) is 1. The number of nitrogens with zero attached hydrogens (tertiary/aromatic N) is 4. The van der Waals surface area contributed by atoms with Gasteiger partial charge in [-0.05, 0) is 42.8 Å². The van der Waals surface area contributed by atoms with Crippen molar-refractivity contribution < 1.29 is 13.9 Å². The van der Waals surface area contributed by atoms with Gasteiger partial charge in [0.2, 0.25) is 0 Å². The fourth-order valence-corrected chi connectivity index (χ4v) is 3.47. The van der Waals surface area contributed by atoms with E-state index in [1.807, 2.05) is 17.8 Å². The lowest BCUT2D eigenvalue weighted by molar-refractivity contribution is 0.182. The standard InChI is InChI=1S/C21H23FN6O2/c1-13-9-15(22)3-4-16(13)18-6-5-17(23)20(24-18)25-21(29)27-10-14-11-28(7-8-30-2)26-19(14)12-27/h3-6,9,11H,7-8,10,12,23H2,1-2H3,(H,24,25,29). The summed E-state index contributed by atoms with van der Waals surface area (Å²) >= 11 is 0. The van der Waals surface area contributed by atoms with Crippen molar-refractivity contribution in [3.05, 3.63) is 59.2 Å². The van der Waals surface area contributed by atoms with E-state index in [2.05, 4.69) is 15.4 Å². The van der Waals surface area contributed by atoms with Gasteiger partial charge in [-0.15, -0.1) is 0 Å². The number of amides is 2. The van der Waals surface area contributed by atoms with Crippen LogP contribution in [0.4, 0.5) is 20.7 Å². The second-order valence-electron chi connectivity index (χ2n) is 7.24. The van der Waals surface area contributed by atoms with E-state index in [4.69, 9.17) is 10.5 Å². The molecule has 2 amide bonds. The summed E-state index contributed by atoms with van der Waals surface area (Å²) in [7, 11) is 1.65. The second kappa shape index (κ2) is 8.11. The van der Waals surface area contributed by atoms with Crippen molar-refractivity contribution in [2.75, 3.05) is 24.8 Å². The summed E-state index contributed by atoms with van der Waals surface area (Å²) in [5, 5.41) is 7.29. The largest absolute Gasteiger partial charge is 0.396 e. The van der Waals surface area contributed by atoms with E-state index in [0.29, 0.717) is 37.6 Å². The van der Waals surface area contributed by atoms with Crippen LogP contribution in [0.3, 0.4) is 0 Å². The maximum absolute atomic E-state index is 13.4. The van der Waals surface area contributed by atoms with E-state index < -0.39 is 0 Å². The third-order valence-electron chi connectivity index (χ3n) is 5.05. The van der Waals surface area contributed by atoms with E-state index in [-0.39, 0.29) is 17.7 Å². The van der Waals surface area contributed by atoms with Crippen LogP contribution in [0, 0.1) is 12.7 Å². The molecule has 30 heavy (non-hydrogen) atoms. The molecule has 0 atom stereocenters. The van der Waals surface area contributed by atoms with E-state index in [1.165, 1.54) is 12.1 Å². The number of methoxy groups -OCH3 is 1. The van der Waals surface area contributed by atoms with Crippen molar-refractivity contribution in [3.8, 4) is 11.3 Å². The molecule has 1 aliphatic heterocycles. The van der Waals surface area contributed by atoms with Crippen molar-refractivity contribution >= 4 is 17.5 Å². The van der Waals surface area contributed by atoms with Crippen molar-refractivity contribution in [1.29, 1.82) is 0 Å². The molecule has 0 unspecified atom stereocenters. The monoisotopic (exact) mass is 410 g/mol. The van der Waals surface area contributed by atoms with Gasteiger partial charge in [0.15, 0.2) is 5.82 Å². The highest BCUT2D eigenvalue weighted by Crippen LogP contribution is 2.27. The predicted octanol–water partition coefficient (Wildman–Crippen LogP) is 3.17. The Hall–Kier alpha value is -3.46. The predicted molar refractivity (Wildman–Crippen MR) is 111 cm³/mol. The molecule has 0 aliphatic carbocycles. The molecular weight excluding hydrogens is 387 g/mol. The molecule has 0 spiro atoms. The molecule has 9 heteroatoms. The first-order valence-corrected chi connectivity index (χ1v) is 9.57. The van der Waals surface area contributed by atoms with Crippen molar-refractivity contribution in [2.24, 2.45) is 0 Å². The molecule has 8 nitrogen and oxygen atoms in total. The second-order valence-corrected chi connectivity index (χ2v) is 7.24. The lowest BCUT2D eigenvalue weighted by Crippen LogP contribution is -2.31. The highest BCUT2D eigenvalue weighted by Gasteiger charge is 2.27. The Balaban J connectivity index is 1.47. The highest BCUT2D eigenvalue weighted by atomic mass is 19.1. The van der Waals surface area contributed by atoms with Crippen LogP contribution >= 0.6 is 0 Å². The van der Waals surface area contributed by atoms with Gasteiger partial charge >= 0.3 is 6.03 Å². The Kier molecular flexibility index (Phi) is 5.37. The third-order valence-corrected chi connectivity index (χ3v) is 5.05. The van der Waals surface area contributed by atoms with Crippen LogP contribution < -0.4 is 11.1 Å². The number of carbonyl (C=O) groups excluding carboxylic acids is 1. The molecule has 3 N–H and O–H groups in total. The molecule has 0 bridgehead atoms. The maximum Gasteiger partial charge on any atom is 0.323 e. The number of anilines is 2. The van der Waals surface area contributed by atoms with E-state index in [0.717, 1.165) is 22.4 Å². The van der Waals surface area contributed by atoms with Gasteiger partial charge in [-0.1, -0.05) is 0 Å². The summed E-state index contributed by atoms with van der Waals surface area (Å²) in [6, 6.07) is 7.62. The summed E-state index contributed by atoms with van der Waals surface area (Å²) < 4.78 is 20.3. The van der Waals surface area contributed by atoms with E-state index in [1.54, 1.807) is 30.2 Å². The van der Waals surface area contributed by atoms with Gasteiger partial charge in [0.1, 0.15) is 5.82 Å². The molecule has 1 aromatic carbocycles. The SMILES string of the molecule is COCCn1cc2c(n1)CN(C(=O)Nc1nc(-c3ccc(F)cc3C)ccc1N)C2. The quantitative estimate of drug-likeness (QED) is 0.673. The number of benzene rings is 1. The number of halogens is 1. The van der Waals surface area contributed by atoms with Crippen LogP contribution in [0.2, 0.25) is 0 Å². The Morgan fingerprint density at radius 3 is 2.87 bits per heavy atom. The zero-order chi connectivity index (χ0) is 21.3. The molecule has 0 fully saturated rings. The van der Waals surface area contributed by atoms with Crippen LogP contribution in [0.15, 0.2) is 36.5 Å². The minimum atomic E-state index is -0.308. The number of carbonyl (C=O) groups is 1. The fourth-order valence-electron chi connectivity index (χ4n) is 3.47. The first-order chi connectivity index (χ1) is 14.4. The summed E-state index contributed by atoms with van der Waals surface area (Å²) in [5.74, 6) is -0.0336. The van der Waals surface area contributed by atoms with Gasteiger partial charge in [-0.25, -0.2) is 14.2 Å². The Morgan fingerprint density at radius 2 is 2.13 bits per heavy atom.